The third-order valence-corrected chi connectivity index (χ3v) is 5.46. The molecule has 0 unspecified atom stereocenters. The van der Waals surface area contributed by atoms with Gasteiger partial charge in [0, 0.05) is 17.3 Å². The second kappa shape index (κ2) is 9.38. The van der Waals surface area contributed by atoms with Gasteiger partial charge in [-0.25, -0.2) is 9.67 Å². The lowest BCUT2D eigenvalue weighted by Gasteiger charge is -2.15. The van der Waals surface area contributed by atoms with Crippen LogP contribution in [0.4, 0.5) is 18.9 Å². The smallest absolute Gasteiger partial charge is 0.323 e. The second-order valence-electron chi connectivity index (χ2n) is 7.81. The molecule has 1 N–H and O–H groups in total. The van der Waals surface area contributed by atoms with Gasteiger partial charge in [0.15, 0.2) is 0 Å². The number of anilines is 1. The SMILES string of the molecule is Cc1cc(C)n(-c2nc(-c3ccccc3)cc(=O)n2CC(=O)Nc2cc(C(F)(F)F)ccc2Cl)n1. The fourth-order valence-corrected chi connectivity index (χ4v) is 3.69. The largest absolute Gasteiger partial charge is 0.416 e. The van der Waals surface area contributed by atoms with Crippen LogP contribution >= 0.6 is 11.6 Å². The van der Waals surface area contributed by atoms with E-state index in [-0.39, 0.29) is 16.7 Å². The number of aryl methyl sites for hydroxylation is 2. The molecular weight excluding hydrogens is 483 g/mol. The lowest BCUT2D eigenvalue weighted by atomic mass is 10.1. The molecule has 0 saturated carbocycles. The Morgan fingerprint density at radius 3 is 2.40 bits per heavy atom. The summed E-state index contributed by atoms with van der Waals surface area (Å²) in [5, 5.41) is 6.66. The van der Waals surface area contributed by atoms with Gasteiger partial charge in [-0.1, -0.05) is 41.9 Å². The van der Waals surface area contributed by atoms with Crippen molar-refractivity contribution in [3.63, 3.8) is 0 Å². The Kier molecular flexibility index (Phi) is 6.49. The summed E-state index contributed by atoms with van der Waals surface area (Å²) in [6.45, 7) is 3.02. The van der Waals surface area contributed by atoms with Gasteiger partial charge in [0.05, 0.1) is 27.7 Å². The lowest BCUT2D eigenvalue weighted by Crippen LogP contribution is -2.32. The number of benzene rings is 2. The van der Waals surface area contributed by atoms with Gasteiger partial charge in [-0.05, 0) is 38.1 Å². The fourth-order valence-electron chi connectivity index (χ4n) is 3.52. The number of nitrogens with zero attached hydrogens (tertiary/aromatic N) is 4. The minimum Gasteiger partial charge on any atom is -0.323 e. The Hall–Kier alpha value is -3.92. The van der Waals surface area contributed by atoms with E-state index in [2.05, 4.69) is 15.4 Å². The van der Waals surface area contributed by atoms with Crippen molar-refractivity contribution in [2.45, 2.75) is 26.6 Å². The van der Waals surface area contributed by atoms with E-state index in [1.165, 1.54) is 10.7 Å². The number of halogens is 4. The number of rotatable bonds is 5. The molecule has 0 radical (unpaired) electrons. The van der Waals surface area contributed by atoms with Crippen molar-refractivity contribution >= 4 is 23.2 Å². The van der Waals surface area contributed by atoms with Crippen molar-refractivity contribution < 1.29 is 18.0 Å². The normalized spacial score (nSPS) is 11.5. The predicted molar refractivity (Wildman–Crippen MR) is 126 cm³/mol. The van der Waals surface area contributed by atoms with E-state index >= 15 is 0 Å². The topological polar surface area (TPSA) is 81.8 Å². The molecule has 0 aliphatic heterocycles. The molecule has 11 heteroatoms. The molecule has 4 aromatic rings. The molecule has 180 valence electrons. The third-order valence-electron chi connectivity index (χ3n) is 5.13. The van der Waals surface area contributed by atoms with Crippen LogP contribution in [-0.4, -0.2) is 25.2 Å². The number of hydrogen-bond donors (Lipinski definition) is 1. The monoisotopic (exact) mass is 501 g/mol. The van der Waals surface area contributed by atoms with Crippen LogP contribution in [0.1, 0.15) is 17.0 Å². The van der Waals surface area contributed by atoms with Gasteiger partial charge in [-0.2, -0.15) is 18.3 Å². The summed E-state index contributed by atoms with van der Waals surface area (Å²) < 4.78 is 41.8. The van der Waals surface area contributed by atoms with Gasteiger partial charge in [-0.3, -0.25) is 14.2 Å². The number of alkyl halides is 3. The first-order valence-electron chi connectivity index (χ1n) is 10.4. The van der Waals surface area contributed by atoms with E-state index in [0.29, 0.717) is 22.6 Å². The first-order valence-corrected chi connectivity index (χ1v) is 10.8. The van der Waals surface area contributed by atoms with Crippen LogP contribution < -0.4 is 10.9 Å². The third kappa shape index (κ3) is 5.27. The van der Waals surface area contributed by atoms with E-state index in [4.69, 9.17) is 11.6 Å². The molecule has 0 aliphatic carbocycles. The predicted octanol–water partition coefficient (Wildman–Crippen LogP) is 5.02. The summed E-state index contributed by atoms with van der Waals surface area (Å²) in [5.41, 5.74) is 0.707. The van der Waals surface area contributed by atoms with Crippen LogP contribution in [0.25, 0.3) is 17.2 Å². The van der Waals surface area contributed by atoms with E-state index in [1.54, 1.807) is 44.2 Å². The number of aromatic nitrogens is 4. The highest BCUT2D eigenvalue weighted by Crippen LogP contribution is 2.33. The maximum atomic E-state index is 13.1. The fraction of sp³-hybridized carbons (Fsp3) is 0.167. The van der Waals surface area contributed by atoms with Crippen molar-refractivity contribution in [2.75, 3.05) is 5.32 Å². The molecule has 35 heavy (non-hydrogen) atoms. The van der Waals surface area contributed by atoms with Crippen molar-refractivity contribution in [2.24, 2.45) is 0 Å². The number of nitrogens with one attached hydrogen (secondary N) is 1. The van der Waals surface area contributed by atoms with Crippen LogP contribution in [0.15, 0.2) is 65.5 Å². The number of carbonyl (C=O) groups is 1. The van der Waals surface area contributed by atoms with Crippen LogP contribution in [0.3, 0.4) is 0 Å². The Labute approximate surface area is 202 Å². The Morgan fingerprint density at radius 1 is 1.06 bits per heavy atom. The van der Waals surface area contributed by atoms with Gasteiger partial charge >= 0.3 is 6.18 Å². The summed E-state index contributed by atoms with van der Waals surface area (Å²) in [6, 6.07) is 14.7. The Balaban J connectivity index is 1.74. The van der Waals surface area contributed by atoms with E-state index in [1.807, 2.05) is 6.07 Å². The summed E-state index contributed by atoms with van der Waals surface area (Å²) in [5.74, 6) is -0.669. The zero-order valence-corrected chi connectivity index (χ0v) is 19.4. The summed E-state index contributed by atoms with van der Waals surface area (Å²) in [6.07, 6.45) is -4.61. The average Bonchev–Trinajstić information content (AvgIpc) is 3.14. The molecule has 0 spiro atoms. The lowest BCUT2D eigenvalue weighted by molar-refractivity contribution is -0.137. The van der Waals surface area contributed by atoms with Crippen LogP contribution in [0, 0.1) is 13.8 Å². The molecule has 7 nitrogen and oxygen atoms in total. The molecule has 0 bridgehead atoms. The second-order valence-corrected chi connectivity index (χ2v) is 8.22. The van der Waals surface area contributed by atoms with Crippen LogP contribution in [0.5, 0.6) is 0 Å². The average molecular weight is 502 g/mol. The van der Waals surface area contributed by atoms with Gasteiger partial charge in [-0.15, -0.1) is 0 Å². The number of hydrogen-bond acceptors (Lipinski definition) is 4. The molecule has 0 atom stereocenters. The number of amides is 1. The van der Waals surface area contributed by atoms with E-state index < -0.39 is 29.8 Å². The maximum absolute atomic E-state index is 13.1. The van der Waals surface area contributed by atoms with Crippen molar-refractivity contribution in [1.82, 2.24) is 19.3 Å². The quantitative estimate of drug-likeness (QED) is 0.416. The first kappa shape index (κ1) is 24.2. The van der Waals surface area contributed by atoms with Gasteiger partial charge in [0.1, 0.15) is 6.54 Å². The van der Waals surface area contributed by atoms with Crippen LogP contribution in [-0.2, 0) is 17.5 Å². The van der Waals surface area contributed by atoms with E-state index in [9.17, 15) is 22.8 Å². The maximum Gasteiger partial charge on any atom is 0.416 e. The zero-order chi connectivity index (χ0) is 25.3. The highest BCUT2D eigenvalue weighted by molar-refractivity contribution is 6.33. The van der Waals surface area contributed by atoms with Gasteiger partial charge in [0.25, 0.3) is 5.56 Å². The van der Waals surface area contributed by atoms with Crippen LogP contribution in [0.2, 0.25) is 5.02 Å². The van der Waals surface area contributed by atoms with Crippen molar-refractivity contribution in [3.8, 4) is 17.2 Å². The summed E-state index contributed by atoms with van der Waals surface area (Å²) >= 11 is 5.99. The number of carbonyl (C=O) groups excluding carboxylic acids is 1. The first-order chi connectivity index (χ1) is 16.5. The molecule has 0 saturated heterocycles. The Morgan fingerprint density at radius 2 is 1.77 bits per heavy atom. The molecule has 0 aliphatic rings. The zero-order valence-electron chi connectivity index (χ0n) is 18.6. The minimum atomic E-state index is -4.61. The molecule has 0 fully saturated rings. The van der Waals surface area contributed by atoms with Gasteiger partial charge in [0.2, 0.25) is 11.9 Å². The highest BCUT2D eigenvalue weighted by atomic mass is 35.5. The molecule has 2 heterocycles. The van der Waals surface area contributed by atoms with E-state index in [0.717, 1.165) is 22.8 Å². The van der Waals surface area contributed by atoms with Gasteiger partial charge < -0.3 is 5.32 Å². The van der Waals surface area contributed by atoms with Crippen molar-refractivity contribution in [1.29, 1.82) is 0 Å². The summed E-state index contributed by atoms with van der Waals surface area (Å²) in [4.78, 5) is 30.5. The molecular formula is C24H19ClF3N5O2. The molecule has 2 aromatic heterocycles. The minimum absolute atomic E-state index is 0.0741. The van der Waals surface area contributed by atoms with Crippen molar-refractivity contribution in [3.05, 3.63) is 93.0 Å². The standard InChI is InChI=1S/C24H19ClF3N5O2/c1-14-10-15(2)33(31-14)23-30-19(16-6-4-3-5-7-16)12-22(35)32(23)13-21(34)29-20-11-17(24(26,27)28)8-9-18(20)25/h3-12H,13H2,1-2H3,(H,29,34). The highest BCUT2D eigenvalue weighted by Gasteiger charge is 2.31. The molecule has 1 amide bonds. The summed E-state index contributed by atoms with van der Waals surface area (Å²) in [7, 11) is 0. The Bertz CT molecular complexity index is 1460. The molecule has 4 rings (SSSR count). The molecule has 2 aromatic carbocycles.